The minimum absolute atomic E-state index is 0.0949. The largest absolute Gasteiger partial charge is 0.480 e. The zero-order valence-corrected chi connectivity index (χ0v) is 16.7. The number of rotatable bonds is 8. The van der Waals surface area contributed by atoms with Crippen LogP contribution in [0.4, 0.5) is 4.39 Å². The first-order chi connectivity index (χ1) is 13.2. The Balaban J connectivity index is 2.11. The molecule has 0 aromatic heterocycles. The first-order valence-corrected chi connectivity index (χ1v) is 9.33. The molecule has 0 saturated carbocycles. The summed E-state index contributed by atoms with van der Waals surface area (Å²) >= 11 is 3.31. The fraction of sp³-hybridized carbons (Fsp3) is 0.250. The summed E-state index contributed by atoms with van der Waals surface area (Å²) in [6, 6.07) is 10.5. The number of amides is 2. The lowest BCUT2D eigenvalue weighted by Gasteiger charge is -2.21. The summed E-state index contributed by atoms with van der Waals surface area (Å²) in [6.45, 7) is 1.27. The van der Waals surface area contributed by atoms with Crippen molar-refractivity contribution in [2.24, 2.45) is 0 Å². The lowest BCUT2D eigenvalue weighted by Crippen LogP contribution is -2.52. The Morgan fingerprint density at radius 2 is 1.43 bits per heavy atom. The molecule has 0 fully saturated rings. The van der Waals surface area contributed by atoms with E-state index in [0.29, 0.717) is 5.56 Å². The van der Waals surface area contributed by atoms with Crippen LogP contribution in [0.5, 0.6) is 0 Å². The van der Waals surface area contributed by atoms with Crippen molar-refractivity contribution >= 4 is 33.7 Å². The number of carbonyl (C=O) groups excluding carboxylic acids is 2. The van der Waals surface area contributed by atoms with Gasteiger partial charge < -0.3 is 15.7 Å². The second-order valence-corrected chi connectivity index (χ2v) is 7.23. The summed E-state index contributed by atoms with van der Waals surface area (Å²) in [5.41, 5.74) is 1.38. The molecule has 0 aliphatic carbocycles. The highest BCUT2D eigenvalue weighted by Crippen LogP contribution is 2.12. The minimum Gasteiger partial charge on any atom is -0.480 e. The maximum Gasteiger partial charge on any atom is 0.326 e. The van der Waals surface area contributed by atoms with Crippen LogP contribution >= 0.6 is 15.9 Å². The van der Waals surface area contributed by atoms with Crippen molar-refractivity contribution in [2.45, 2.75) is 31.8 Å². The normalized spacial score (nSPS) is 12.7. The van der Waals surface area contributed by atoms with E-state index in [2.05, 4.69) is 26.6 Å². The number of aliphatic carboxylic acids is 1. The van der Waals surface area contributed by atoms with Gasteiger partial charge in [0.25, 0.3) is 0 Å². The Labute approximate surface area is 170 Å². The fourth-order valence-electron chi connectivity index (χ4n) is 2.64. The van der Waals surface area contributed by atoms with E-state index in [1.165, 1.54) is 31.2 Å². The number of carboxylic acids is 1. The zero-order valence-electron chi connectivity index (χ0n) is 15.1. The van der Waals surface area contributed by atoms with E-state index < -0.39 is 35.7 Å². The van der Waals surface area contributed by atoms with Gasteiger partial charge in [-0.25, -0.2) is 9.18 Å². The average Bonchev–Trinajstić information content (AvgIpc) is 2.63. The van der Waals surface area contributed by atoms with E-state index >= 15 is 0 Å². The predicted molar refractivity (Wildman–Crippen MR) is 105 cm³/mol. The Hall–Kier alpha value is -2.74. The van der Waals surface area contributed by atoms with Gasteiger partial charge in [0.05, 0.1) is 0 Å². The van der Waals surface area contributed by atoms with Crippen LogP contribution in [0.1, 0.15) is 18.1 Å². The molecular weight excluding hydrogens is 431 g/mol. The fourth-order valence-corrected chi connectivity index (χ4v) is 2.90. The Kier molecular flexibility index (Phi) is 7.69. The van der Waals surface area contributed by atoms with Gasteiger partial charge in [-0.1, -0.05) is 40.2 Å². The molecule has 0 heterocycles. The molecule has 2 aromatic rings. The van der Waals surface area contributed by atoms with Gasteiger partial charge in [0.2, 0.25) is 11.8 Å². The molecule has 0 saturated heterocycles. The van der Waals surface area contributed by atoms with Crippen molar-refractivity contribution in [3.63, 3.8) is 0 Å². The molecule has 0 spiro atoms. The van der Waals surface area contributed by atoms with E-state index in [-0.39, 0.29) is 12.8 Å². The number of carboxylic acid groups (broad SMARTS) is 1. The van der Waals surface area contributed by atoms with Gasteiger partial charge in [0, 0.05) is 24.2 Å². The van der Waals surface area contributed by atoms with Crippen LogP contribution in [0, 0.1) is 5.82 Å². The van der Waals surface area contributed by atoms with Crippen LogP contribution in [-0.2, 0) is 27.2 Å². The van der Waals surface area contributed by atoms with E-state index in [1.807, 2.05) is 0 Å². The first-order valence-electron chi connectivity index (χ1n) is 8.53. The van der Waals surface area contributed by atoms with Gasteiger partial charge >= 0.3 is 5.97 Å². The third-order valence-corrected chi connectivity index (χ3v) is 4.54. The van der Waals surface area contributed by atoms with E-state index in [1.54, 1.807) is 24.3 Å². The van der Waals surface area contributed by atoms with E-state index in [0.717, 1.165) is 10.0 Å². The third kappa shape index (κ3) is 6.77. The number of hydrogen-bond acceptors (Lipinski definition) is 3. The second kappa shape index (κ2) is 9.98. The molecule has 28 heavy (non-hydrogen) atoms. The smallest absolute Gasteiger partial charge is 0.326 e. The molecule has 0 bridgehead atoms. The van der Waals surface area contributed by atoms with E-state index in [4.69, 9.17) is 0 Å². The van der Waals surface area contributed by atoms with Gasteiger partial charge in [-0.3, -0.25) is 9.59 Å². The molecule has 6 nitrogen and oxygen atoms in total. The quantitative estimate of drug-likeness (QED) is 0.575. The predicted octanol–water partition coefficient (Wildman–Crippen LogP) is 2.45. The molecule has 0 aliphatic heterocycles. The van der Waals surface area contributed by atoms with Crippen molar-refractivity contribution in [2.75, 3.05) is 0 Å². The van der Waals surface area contributed by atoms with E-state index in [9.17, 15) is 23.9 Å². The second-order valence-electron chi connectivity index (χ2n) is 6.31. The summed E-state index contributed by atoms with van der Waals surface area (Å²) in [7, 11) is 0. The molecule has 8 heteroatoms. The van der Waals surface area contributed by atoms with Crippen LogP contribution in [0.2, 0.25) is 0 Å². The molecule has 2 rings (SSSR count). The van der Waals surface area contributed by atoms with Gasteiger partial charge in [0.15, 0.2) is 0 Å². The Bertz CT molecular complexity index is 840. The number of hydrogen-bond donors (Lipinski definition) is 3. The monoisotopic (exact) mass is 450 g/mol. The molecule has 0 unspecified atom stereocenters. The van der Waals surface area contributed by atoms with Crippen LogP contribution in [0.25, 0.3) is 0 Å². The highest BCUT2D eigenvalue weighted by atomic mass is 79.9. The molecule has 148 valence electrons. The minimum atomic E-state index is -1.18. The maximum absolute atomic E-state index is 13.1. The van der Waals surface area contributed by atoms with Crippen molar-refractivity contribution in [3.05, 3.63) is 69.9 Å². The molecule has 0 aliphatic rings. The maximum atomic E-state index is 13.1. The summed E-state index contributed by atoms with van der Waals surface area (Å²) in [5.74, 6) is -2.64. The third-order valence-electron chi connectivity index (χ3n) is 4.01. The van der Waals surface area contributed by atoms with Crippen molar-refractivity contribution in [3.8, 4) is 0 Å². The summed E-state index contributed by atoms with van der Waals surface area (Å²) in [6.07, 6.45) is 0.202. The van der Waals surface area contributed by atoms with Gasteiger partial charge in [-0.05, 0) is 35.4 Å². The Morgan fingerprint density at radius 3 is 1.93 bits per heavy atom. The molecule has 0 radical (unpaired) electrons. The van der Waals surface area contributed by atoms with Crippen LogP contribution in [-0.4, -0.2) is 35.0 Å². The van der Waals surface area contributed by atoms with Gasteiger partial charge in [-0.2, -0.15) is 0 Å². The Morgan fingerprint density at radius 1 is 0.929 bits per heavy atom. The first kappa shape index (κ1) is 21.6. The molecule has 3 N–H and O–H groups in total. The number of benzene rings is 2. The summed E-state index contributed by atoms with van der Waals surface area (Å²) in [4.78, 5) is 35.7. The van der Waals surface area contributed by atoms with Crippen LogP contribution < -0.4 is 10.6 Å². The molecule has 2 aromatic carbocycles. The highest BCUT2D eigenvalue weighted by Gasteiger charge is 2.26. The summed E-state index contributed by atoms with van der Waals surface area (Å²) < 4.78 is 13.9. The van der Waals surface area contributed by atoms with Crippen LogP contribution in [0.15, 0.2) is 53.0 Å². The van der Waals surface area contributed by atoms with Crippen molar-refractivity contribution in [1.29, 1.82) is 0 Å². The molecule has 2 amide bonds. The SMILES string of the molecule is CC(=O)N[C@@H](Cc1ccc(F)cc1)C(=O)N[C@@H](Cc1ccc(Br)cc1)C(=O)O. The molecular formula is C20H20BrFN2O4. The highest BCUT2D eigenvalue weighted by molar-refractivity contribution is 9.10. The average molecular weight is 451 g/mol. The van der Waals surface area contributed by atoms with Crippen molar-refractivity contribution in [1.82, 2.24) is 10.6 Å². The topological polar surface area (TPSA) is 95.5 Å². The lowest BCUT2D eigenvalue weighted by atomic mass is 10.0. The number of carbonyl (C=O) groups is 3. The standard InChI is InChI=1S/C20H20BrFN2O4/c1-12(25)23-17(10-14-4-8-16(22)9-5-14)19(26)24-18(20(27)28)11-13-2-6-15(21)7-3-13/h2-9,17-18H,10-11H2,1H3,(H,23,25)(H,24,26)(H,27,28)/t17-,18-/m0/s1. The van der Waals surface area contributed by atoms with Crippen molar-refractivity contribution < 1.29 is 23.9 Å². The number of halogens is 2. The van der Waals surface area contributed by atoms with Gasteiger partial charge in [-0.15, -0.1) is 0 Å². The number of nitrogens with one attached hydrogen (secondary N) is 2. The zero-order chi connectivity index (χ0) is 20.7. The lowest BCUT2D eigenvalue weighted by molar-refractivity contribution is -0.142. The molecule has 2 atom stereocenters. The summed E-state index contributed by atoms with van der Waals surface area (Å²) in [5, 5.41) is 14.5. The van der Waals surface area contributed by atoms with Crippen LogP contribution in [0.3, 0.4) is 0 Å². The van der Waals surface area contributed by atoms with Gasteiger partial charge in [0.1, 0.15) is 17.9 Å².